The molecule has 3 nitrogen and oxygen atoms in total. The Kier molecular flexibility index (Phi) is 4.53. The van der Waals surface area contributed by atoms with E-state index in [4.69, 9.17) is 11.6 Å². The SMILES string of the molecule is C=CC1CC(=O)N(c2c(Cl)cc(Br)cc2OC(F)(F)F)C1. The number of carbonyl (C=O) groups is 1. The van der Waals surface area contributed by atoms with Crippen LogP contribution in [0.15, 0.2) is 29.3 Å². The second-order valence-electron chi connectivity index (χ2n) is 4.49. The van der Waals surface area contributed by atoms with Crippen molar-refractivity contribution < 1.29 is 22.7 Å². The maximum absolute atomic E-state index is 12.5. The average Bonchev–Trinajstić information content (AvgIpc) is 2.67. The van der Waals surface area contributed by atoms with Crippen LogP contribution >= 0.6 is 27.5 Å². The molecule has 0 spiro atoms. The summed E-state index contributed by atoms with van der Waals surface area (Å²) in [7, 11) is 0. The third kappa shape index (κ3) is 3.71. The van der Waals surface area contributed by atoms with Crippen molar-refractivity contribution in [2.45, 2.75) is 12.8 Å². The molecule has 1 heterocycles. The summed E-state index contributed by atoms with van der Waals surface area (Å²) >= 11 is 9.06. The van der Waals surface area contributed by atoms with Crippen molar-refractivity contribution in [1.82, 2.24) is 0 Å². The number of hydrogen-bond acceptors (Lipinski definition) is 2. The molecule has 0 saturated carbocycles. The summed E-state index contributed by atoms with van der Waals surface area (Å²) in [5, 5.41) is 0.00156. The van der Waals surface area contributed by atoms with Gasteiger partial charge in [0.15, 0.2) is 5.75 Å². The first-order valence-electron chi connectivity index (χ1n) is 5.89. The fourth-order valence-corrected chi connectivity index (χ4v) is 3.00. The van der Waals surface area contributed by atoms with Gasteiger partial charge >= 0.3 is 6.36 Å². The van der Waals surface area contributed by atoms with Crippen molar-refractivity contribution in [3.8, 4) is 5.75 Å². The van der Waals surface area contributed by atoms with E-state index >= 15 is 0 Å². The summed E-state index contributed by atoms with van der Waals surface area (Å²) in [5.41, 5.74) is -0.0773. The van der Waals surface area contributed by atoms with Gasteiger partial charge in [0.05, 0.1) is 5.02 Å². The van der Waals surface area contributed by atoms with Crippen molar-refractivity contribution >= 4 is 39.1 Å². The Morgan fingerprint density at radius 1 is 1.48 bits per heavy atom. The van der Waals surface area contributed by atoms with Crippen LogP contribution in [0.5, 0.6) is 5.75 Å². The highest BCUT2D eigenvalue weighted by atomic mass is 79.9. The zero-order chi connectivity index (χ0) is 15.8. The maximum atomic E-state index is 12.5. The molecule has 0 radical (unpaired) electrons. The number of alkyl halides is 3. The van der Waals surface area contributed by atoms with Crippen LogP contribution in [-0.2, 0) is 4.79 Å². The van der Waals surface area contributed by atoms with Gasteiger partial charge in [-0.2, -0.15) is 0 Å². The Labute approximate surface area is 132 Å². The van der Waals surface area contributed by atoms with Crippen LogP contribution in [0, 0.1) is 5.92 Å². The average molecular weight is 385 g/mol. The number of benzene rings is 1. The Bertz CT molecular complexity index is 592. The fraction of sp³-hybridized carbons (Fsp3) is 0.308. The van der Waals surface area contributed by atoms with Crippen molar-refractivity contribution in [2.75, 3.05) is 11.4 Å². The molecule has 1 amide bonds. The third-order valence-corrected chi connectivity index (χ3v) is 3.72. The van der Waals surface area contributed by atoms with Crippen molar-refractivity contribution in [2.24, 2.45) is 5.92 Å². The lowest BCUT2D eigenvalue weighted by molar-refractivity contribution is -0.274. The lowest BCUT2D eigenvalue weighted by Gasteiger charge is -2.22. The molecule has 0 aromatic heterocycles. The van der Waals surface area contributed by atoms with E-state index in [1.807, 2.05) is 0 Å². The molecule has 0 bridgehead atoms. The van der Waals surface area contributed by atoms with Gasteiger partial charge in [-0.25, -0.2) is 0 Å². The van der Waals surface area contributed by atoms with E-state index in [0.717, 1.165) is 6.07 Å². The minimum atomic E-state index is -4.88. The number of rotatable bonds is 3. The van der Waals surface area contributed by atoms with E-state index in [1.165, 1.54) is 11.0 Å². The Balaban J connectivity index is 2.47. The smallest absolute Gasteiger partial charge is 0.403 e. The maximum Gasteiger partial charge on any atom is 0.573 e. The molecule has 1 fully saturated rings. The zero-order valence-corrected chi connectivity index (χ0v) is 12.9. The molecular formula is C13H10BrClF3NO2. The molecule has 1 aliphatic heterocycles. The molecule has 0 aliphatic carbocycles. The molecule has 8 heteroatoms. The molecule has 1 unspecified atom stereocenters. The Morgan fingerprint density at radius 3 is 2.67 bits per heavy atom. The minimum Gasteiger partial charge on any atom is -0.403 e. The van der Waals surface area contributed by atoms with Gasteiger partial charge in [-0.15, -0.1) is 19.8 Å². The van der Waals surface area contributed by atoms with Crippen LogP contribution in [0.1, 0.15) is 6.42 Å². The number of hydrogen-bond donors (Lipinski definition) is 0. The molecular weight excluding hydrogens is 374 g/mol. The minimum absolute atomic E-state index is 0.00156. The van der Waals surface area contributed by atoms with E-state index in [9.17, 15) is 18.0 Å². The molecule has 1 aromatic rings. The quantitative estimate of drug-likeness (QED) is 0.716. The van der Waals surface area contributed by atoms with Gasteiger partial charge < -0.3 is 9.64 Å². The summed E-state index contributed by atoms with van der Waals surface area (Å²) in [4.78, 5) is 13.2. The molecule has 1 saturated heterocycles. The first-order chi connectivity index (χ1) is 9.71. The number of halogens is 5. The fourth-order valence-electron chi connectivity index (χ4n) is 2.12. The summed E-state index contributed by atoms with van der Waals surface area (Å²) in [5.74, 6) is -0.966. The van der Waals surface area contributed by atoms with E-state index in [-0.39, 0.29) is 35.5 Å². The number of anilines is 1. The van der Waals surface area contributed by atoms with E-state index < -0.39 is 12.1 Å². The van der Waals surface area contributed by atoms with E-state index in [0.29, 0.717) is 4.47 Å². The van der Waals surface area contributed by atoms with Crippen molar-refractivity contribution in [3.05, 3.63) is 34.3 Å². The number of ether oxygens (including phenoxy) is 1. The monoisotopic (exact) mass is 383 g/mol. The molecule has 21 heavy (non-hydrogen) atoms. The summed E-state index contributed by atoms with van der Waals surface area (Å²) < 4.78 is 41.8. The summed E-state index contributed by atoms with van der Waals surface area (Å²) in [6, 6.07) is 2.54. The zero-order valence-electron chi connectivity index (χ0n) is 10.6. The molecule has 1 aromatic carbocycles. The highest BCUT2D eigenvalue weighted by Gasteiger charge is 2.37. The molecule has 0 N–H and O–H groups in total. The van der Waals surface area contributed by atoms with Crippen LogP contribution in [0.4, 0.5) is 18.9 Å². The van der Waals surface area contributed by atoms with Crippen LogP contribution < -0.4 is 9.64 Å². The van der Waals surface area contributed by atoms with E-state index in [1.54, 1.807) is 6.08 Å². The van der Waals surface area contributed by atoms with Crippen molar-refractivity contribution in [3.63, 3.8) is 0 Å². The standard InChI is InChI=1S/C13H10BrClF3NO2/c1-2-7-3-11(20)19(6-7)12-9(15)4-8(14)5-10(12)21-13(16,17)18/h2,4-5,7H,1,3,6H2. The molecule has 2 rings (SSSR count). The van der Waals surface area contributed by atoms with Gasteiger partial charge in [-0.05, 0) is 12.1 Å². The largest absolute Gasteiger partial charge is 0.573 e. The predicted molar refractivity (Wildman–Crippen MR) is 76.5 cm³/mol. The molecule has 1 atom stereocenters. The highest BCUT2D eigenvalue weighted by Crippen LogP contribution is 2.43. The second-order valence-corrected chi connectivity index (χ2v) is 5.81. The topological polar surface area (TPSA) is 29.5 Å². The van der Waals surface area contributed by atoms with Gasteiger partial charge in [0, 0.05) is 23.4 Å². The Hall–Kier alpha value is -1.21. The van der Waals surface area contributed by atoms with Crippen LogP contribution in [0.2, 0.25) is 5.02 Å². The van der Waals surface area contributed by atoms with E-state index in [2.05, 4.69) is 27.2 Å². The molecule has 1 aliphatic rings. The van der Waals surface area contributed by atoms with Crippen LogP contribution in [0.25, 0.3) is 0 Å². The lowest BCUT2D eigenvalue weighted by atomic mass is 10.1. The second kappa shape index (κ2) is 5.88. The first-order valence-corrected chi connectivity index (χ1v) is 7.06. The van der Waals surface area contributed by atoms with Gasteiger partial charge in [0.25, 0.3) is 0 Å². The van der Waals surface area contributed by atoms with Crippen LogP contribution in [0.3, 0.4) is 0 Å². The highest BCUT2D eigenvalue weighted by molar-refractivity contribution is 9.10. The Morgan fingerprint density at radius 2 is 2.14 bits per heavy atom. The van der Waals surface area contributed by atoms with Gasteiger partial charge in [-0.1, -0.05) is 33.6 Å². The van der Waals surface area contributed by atoms with Crippen LogP contribution in [-0.4, -0.2) is 18.8 Å². The number of carbonyl (C=O) groups excluding carboxylic acids is 1. The molecule has 114 valence electrons. The first kappa shape index (κ1) is 16.2. The van der Waals surface area contributed by atoms with Gasteiger partial charge in [-0.3, -0.25) is 4.79 Å². The normalized spacial score (nSPS) is 19.0. The summed E-state index contributed by atoms with van der Waals surface area (Å²) in [6.45, 7) is 3.81. The van der Waals surface area contributed by atoms with Gasteiger partial charge in [0.1, 0.15) is 5.69 Å². The van der Waals surface area contributed by atoms with Crippen molar-refractivity contribution in [1.29, 1.82) is 0 Å². The third-order valence-electron chi connectivity index (χ3n) is 2.98. The summed E-state index contributed by atoms with van der Waals surface area (Å²) in [6.07, 6.45) is -3.10. The lowest BCUT2D eigenvalue weighted by Crippen LogP contribution is -2.27. The number of amides is 1. The predicted octanol–water partition coefficient (Wildman–Crippen LogP) is 4.54. The van der Waals surface area contributed by atoms with Gasteiger partial charge in [0.2, 0.25) is 5.91 Å². The number of nitrogens with zero attached hydrogens (tertiary/aromatic N) is 1.